The Kier molecular flexibility index (Phi) is 8.25. The van der Waals surface area contributed by atoms with Crippen LogP contribution < -0.4 is 9.47 Å². The van der Waals surface area contributed by atoms with Crippen molar-refractivity contribution in [2.75, 3.05) is 7.11 Å². The smallest absolute Gasteiger partial charge is 0.416 e. The molecule has 7 heteroatoms. The maximum Gasteiger partial charge on any atom is 0.416 e. The van der Waals surface area contributed by atoms with Crippen LogP contribution in [0.5, 0.6) is 11.5 Å². The molecule has 0 aliphatic heterocycles. The van der Waals surface area contributed by atoms with E-state index in [1.807, 2.05) is 30.3 Å². The van der Waals surface area contributed by atoms with E-state index in [0.717, 1.165) is 54.5 Å². The molecule has 3 nitrogen and oxygen atoms in total. The summed E-state index contributed by atoms with van der Waals surface area (Å²) >= 11 is 0. The van der Waals surface area contributed by atoms with Crippen molar-refractivity contribution >= 4 is 12.4 Å². The molecule has 33 heavy (non-hydrogen) atoms. The van der Waals surface area contributed by atoms with E-state index in [9.17, 15) is 13.2 Å². The fraction of sp³-hybridized carbons (Fsp3) is 0.346. The second-order valence-electron chi connectivity index (χ2n) is 8.17. The monoisotopic (exact) mass is 477 g/mol. The topological polar surface area (TPSA) is 31.4 Å². The Morgan fingerprint density at radius 2 is 1.55 bits per heavy atom. The number of pyridine rings is 1. The molecule has 0 N–H and O–H groups in total. The molecule has 0 spiro atoms. The number of hydrogen-bond donors (Lipinski definition) is 0. The van der Waals surface area contributed by atoms with Crippen LogP contribution >= 0.6 is 12.4 Å². The molecule has 1 aromatic heterocycles. The Bertz CT molecular complexity index is 1020. The average Bonchev–Trinajstić information content (AvgIpc) is 3.31. The highest BCUT2D eigenvalue weighted by Gasteiger charge is 2.30. The van der Waals surface area contributed by atoms with Gasteiger partial charge in [-0.15, -0.1) is 12.4 Å². The van der Waals surface area contributed by atoms with E-state index in [4.69, 9.17) is 9.47 Å². The number of halogens is 4. The second-order valence-corrected chi connectivity index (χ2v) is 8.17. The Balaban J connectivity index is 0.00000306. The zero-order valence-electron chi connectivity index (χ0n) is 18.3. The van der Waals surface area contributed by atoms with Gasteiger partial charge in [0.2, 0.25) is 0 Å². The summed E-state index contributed by atoms with van der Waals surface area (Å²) in [5.41, 5.74) is 2.19. The molecular weight excluding hydrogens is 451 g/mol. The number of rotatable bonds is 7. The summed E-state index contributed by atoms with van der Waals surface area (Å²) in [6.07, 6.45) is 4.24. The van der Waals surface area contributed by atoms with E-state index in [-0.39, 0.29) is 24.4 Å². The van der Waals surface area contributed by atoms with Crippen molar-refractivity contribution in [3.05, 3.63) is 89.2 Å². The van der Waals surface area contributed by atoms with Crippen LogP contribution in [0.3, 0.4) is 0 Å². The van der Waals surface area contributed by atoms with Crippen LogP contribution in [0.25, 0.3) is 0 Å². The Hall–Kier alpha value is -2.73. The van der Waals surface area contributed by atoms with Crippen molar-refractivity contribution in [2.45, 2.75) is 50.3 Å². The fourth-order valence-electron chi connectivity index (χ4n) is 4.28. The summed E-state index contributed by atoms with van der Waals surface area (Å²) < 4.78 is 51.0. The van der Waals surface area contributed by atoms with Crippen LogP contribution in [0.15, 0.2) is 67.0 Å². The third-order valence-electron chi connectivity index (χ3n) is 6.02. The van der Waals surface area contributed by atoms with Gasteiger partial charge in [-0.1, -0.05) is 18.2 Å². The highest BCUT2D eigenvalue weighted by Crippen LogP contribution is 2.38. The lowest BCUT2D eigenvalue weighted by molar-refractivity contribution is -0.137. The van der Waals surface area contributed by atoms with E-state index in [1.165, 1.54) is 0 Å². The maximum atomic E-state index is 13.1. The molecule has 1 unspecified atom stereocenters. The highest BCUT2D eigenvalue weighted by atomic mass is 35.5. The van der Waals surface area contributed by atoms with Crippen LogP contribution in [-0.2, 0) is 12.6 Å². The number of hydrogen-bond acceptors (Lipinski definition) is 3. The van der Waals surface area contributed by atoms with Gasteiger partial charge in [-0.05, 0) is 85.2 Å². The van der Waals surface area contributed by atoms with Gasteiger partial charge in [0.1, 0.15) is 0 Å². The molecule has 4 rings (SSSR count). The number of benzene rings is 2. The van der Waals surface area contributed by atoms with Gasteiger partial charge in [-0.2, -0.15) is 13.2 Å². The first-order valence-corrected chi connectivity index (χ1v) is 10.8. The molecule has 0 saturated heterocycles. The van der Waals surface area contributed by atoms with Crippen molar-refractivity contribution in [1.82, 2.24) is 4.98 Å². The predicted octanol–water partition coefficient (Wildman–Crippen LogP) is 7.23. The van der Waals surface area contributed by atoms with Gasteiger partial charge in [0, 0.05) is 18.3 Å². The first-order valence-electron chi connectivity index (χ1n) is 10.8. The Morgan fingerprint density at radius 1 is 0.909 bits per heavy atom. The summed E-state index contributed by atoms with van der Waals surface area (Å²) in [7, 11) is 1.61. The lowest BCUT2D eigenvalue weighted by atomic mass is 9.85. The molecule has 1 saturated carbocycles. The Morgan fingerprint density at radius 3 is 2.15 bits per heavy atom. The fourth-order valence-corrected chi connectivity index (χ4v) is 4.28. The molecular formula is C26H27ClF3NO2. The van der Waals surface area contributed by atoms with Gasteiger partial charge in [0.25, 0.3) is 0 Å². The van der Waals surface area contributed by atoms with Crippen molar-refractivity contribution in [2.24, 2.45) is 0 Å². The standard InChI is InChI=1S/C26H26F3NO2.ClH/c1-31-24-11-8-20(17-25(24)32-22-4-2-3-5-22)23(16-18-12-14-30-15-13-18)19-6-9-21(10-7-19)26(27,28)29;/h6-15,17,22-23H,2-5,16H2,1H3;1H. The van der Waals surface area contributed by atoms with Crippen LogP contribution in [0.4, 0.5) is 13.2 Å². The summed E-state index contributed by atoms with van der Waals surface area (Å²) in [6, 6.07) is 15.1. The second kappa shape index (κ2) is 10.9. The lowest BCUT2D eigenvalue weighted by Gasteiger charge is -2.22. The van der Waals surface area contributed by atoms with Crippen LogP contribution in [0.2, 0.25) is 0 Å². The summed E-state index contributed by atoms with van der Waals surface area (Å²) in [4.78, 5) is 4.07. The molecule has 0 amide bonds. The summed E-state index contributed by atoms with van der Waals surface area (Å²) in [6.45, 7) is 0. The third kappa shape index (κ3) is 6.20. The minimum absolute atomic E-state index is 0. The zero-order chi connectivity index (χ0) is 22.6. The number of alkyl halides is 3. The first-order chi connectivity index (χ1) is 15.4. The molecule has 3 aromatic rings. The van der Waals surface area contributed by atoms with E-state index in [2.05, 4.69) is 4.98 Å². The van der Waals surface area contributed by atoms with Gasteiger partial charge in [0.05, 0.1) is 18.8 Å². The van der Waals surface area contributed by atoms with Crippen LogP contribution in [-0.4, -0.2) is 18.2 Å². The number of ether oxygens (including phenoxy) is 2. The van der Waals surface area contributed by atoms with E-state index >= 15 is 0 Å². The van der Waals surface area contributed by atoms with E-state index in [0.29, 0.717) is 17.9 Å². The normalized spacial score (nSPS) is 15.0. The van der Waals surface area contributed by atoms with E-state index in [1.54, 1.807) is 31.6 Å². The molecule has 1 aliphatic carbocycles. The van der Waals surface area contributed by atoms with Crippen LogP contribution in [0.1, 0.15) is 53.9 Å². The van der Waals surface area contributed by atoms with Crippen molar-refractivity contribution in [1.29, 1.82) is 0 Å². The maximum absolute atomic E-state index is 13.1. The summed E-state index contributed by atoms with van der Waals surface area (Å²) in [5.74, 6) is 1.20. The molecule has 1 aliphatic rings. The molecule has 2 aromatic carbocycles. The van der Waals surface area contributed by atoms with Gasteiger partial charge >= 0.3 is 6.18 Å². The minimum atomic E-state index is -4.36. The van der Waals surface area contributed by atoms with Crippen molar-refractivity contribution in [3.8, 4) is 11.5 Å². The van der Waals surface area contributed by atoms with Crippen molar-refractivity contribution in [3.63, 3.8) is 0 Å². The van der Waals surface area contributed by atoms with Crippen molar-refractivity contribution < 1.29 is 22.6 Å². The zero-order valence-corrected chi connectivity index (χ0v) is 19.2. The Labute approximate surface area is 198 Å². The third-order valence-corrected chi connectivity index (χ3v) is 6.02. The largest absolute Gasteiger partial charge is 0.493 e. The molecule has 1 fully saturated rings. The molecule has 0 bridgehead atoms. The first kappa shape index (κ1) is 24.9. The van der Waals surface area contributed by atoms with Gasteiger partial charge in [-0.3, -0.25) is 4.98 Å². The lowest BCUT2D eigenvalue weighted by Crippen LogP contribution is -2.13. The number of methoxy groups -OCH3 is 1. The molecule has 176 valence electrons. The molecule has 1 heterocycles. The average molecular weight is 478 g/mol. The predicted molar refractivity (Wildman–Crippen MR) is 124 cm³/mol. The molecule has 1 atom stereocenters. The van der Waals surface area contributed by atoms with E-state index < -0.39 is 11.7 Å². The number of nitrogens with zero attached hydrogens (tertiary/aromatic N) is 1. The quantitative estimate of drug-likeness (QED) is 0.360. The SMILES string of the molecule is COc1ccc(C(Cc2ccncc2)c2ccc(C(F)(F)F)cc2)cc1OC1CCCC1.Cl. The summed E-state index contributed by atoms with van der Waals surface area (Å²) in [5, 5.41) is 0. The van der Waals surface area contributed by atoms with Gasteiger partial charge < -0.3 is 9.47 Å². The minimum Gasteiger partial charge on any atom is -0.493 e. The highest BCUT2D eigenvalue weighted by molar-refractivity contribution is 5.85. The number of aromatic nitrogens is 1. The van der Waals surface area contributed by atoms with Gasteiger partial charge in [-0.25, -0.2) is 0 Å². The molecule has 0 radical (unpaired) electrons. The van der Waals surface area contributed by atoms with Gasteiger partial charge in [0.15, 0.2) is 11.5 Å². The van der Waals surface area contributed by atoms with Crippen LogP contribution in [0, 0.1) is 0 Å².